The first-order chi connectivity index (χ1) is 8.20. The number of nitrogens with zero attached hydrogens (tertiary/aromatic N) is 3. The molecule has 1 aliphatic heterocycles. The van der Waals surface area contributed by atoms with E-state index in [0.29, 0.717) is 5.92 Å². The highest BCUT2D eigenvalue weighted by molar-refractivity contribution is 7.18. The second-order valence-electron chi connectivity index (χ2n) is 4.25. The van der Waals surface area contributed by atoms with Gasteiger partial charge in [0.25, 0.3) is 0 Å². The average molecular weight is 256 g/mol. The largest absolute Gasteiger partial charge is 0.348 e. The van der Waals surface area contributed by atoms with Crippen molar-refractivity contribution in [2.45, 2.75) is 19.3 Å². The third-order valence-corrected chi connectivity index (χ3v) is 4.13. The van der Waals surface area contributed by atoms with E-state index < -0.39 is 0 Å². The number of anilines is 1. The van der Waals surface area contributed by atoms with Crippen LogP contribution in [0.1, 0.15) is 19.3 Å². The molecule has 6 nitrogen and oxygen atoms in total. The molecule has 0 spiro atoms. The second-order valence-corrected chi connectivity index (χ2v) is 5.23. The van der Waals surface area contributed by atoms with Gasteiger partial charge in [-0.3, -0.25) is 10.1 Å². The first-order valence-electron chi connectivity index (χ1n) is 5.76. The number of hydrogen-bond donors (Lipinski definition) is 1. The molecule has 7 heteroatoms. The Morgan fingerprint density at radius 2 is 2.29 bits per heavy atom. The van der Waals surface area contributed by atoms with Crippen molar-refractivity contribution >= 4 is 21.5 Å². The third-order valence-electron chi connectivity index (χ3n) is 3.12. The van der Waals surface area contributed by atoms with Crippen LogP contribution in [0.2, 0.25) is 0 Å². The van der Waals surface area contributed by atoms with Gasteiger partial charge in [0.05, 0.1) is 4.92 Å². The maximum absolute atomic E-state index is 10.6. The van der Waals surface area contributed by atoms with Gasteiger partial charge in [0.1, 0.15) is 6.20 Å². The monoisotopic (exact) mass is 256 g/mol. The molecule has 2 heterocycles. The molecule has 0 atom stereocenters. The molecule has 0 unspecified atom stereocenters. The molecule has 2 rings (SSSR count). The van der Waals surface area contributed by atoms with Crippen LogP contribution in [0.15, 0.2) is 6.20 Å². The normalized spacial score (nSPS) is 17.4. The fourth-order valence-electron chi connectivity index (χ4n) is 2.14. The van der Waals surface area contributed by atoms with E-state index in [-0.39, 0.29) is 9.92 Å². The Kier molecular flexibility index (Phi) is 3.90. The van der Waals surface area contributed by atoms with Crippen molar-refractivity contribution < 1.29 is 4.92 Å². The van der Waals surface area contributed by atoms with Crippen LogP contribution in [-0.2, 0) is 0 Å². The minimum Gasteiger partial charge on any atom is -0.348 e. The van der Waals surface area contributed by atoms with Gasteiger partial charge in [-0.05, 0) is 43.1 Å². The smallest absolute Gasteiger partial charge is 0.345 e. The maximum Gasteiger partial charge on any atom is 0.345 e. The van der Waals surface area contributed by atoms with Crippen LogP contribution in [0.5, 0.6) is 0 Å². The van der Waals surface area contributed by atoms with Gasteiger partial charge in [-0.15, -0.1) is 0 Å². The van der Waals surface area contributed by atoms with E-state index in [4.69, 9.17) is 5.73 Å². The molecule has 1 aromatic rings. The summed E-state index contributed by atoms with van der Waals surface area (Å²) >= 11 is 1.15. The van der Waals surface area contributed by atoms with Crippen molar-refractivity contribution in [3.05, 3.63) is 16.3 Å². The molecule has 94 valence electrons. The molecule has 17 heavy (non-hydrogen) atoms. The number of piperidine rings is 1. The van der Waals surface area contributed by atoms with E-state index in [0.717, 1.165) is 55.4 Å². The van der Waals surface area contributed by atoms with Crippen molar-refractivity contribution in [3.8, 4) is 0 Å². The van der Waals surface area contributed by atoms with Crippen molar-refractivity contribution in [1.29, 1.82) is 0 Å². The number of aromatic nitrogens is 1. The van der Waals surface area contributed by atoms with E-state index in [1.807, 2.05) is 0 Å². The zero-order chi connectivity index (χ0) is 12.3. The molecule has 0 radical (unpaired) electrons. The molecule has 0 bridgehead atoms. The standard InChI is InChI=1S/C10H16N4O2S/c11-4-1-8-2-5-13(6-3-8)10-12-7-9(17-10)14(15)16/h7-8H,1-6,11H2. The molecule has 2 N–H and O–H groups in total. The van der Waals surface area contributed by atoms with Crippen LogP contribution in [-0.4, -0.2) is 29.5 Å². The highest BCUT2D eigenvalue weighted by Crippen LogP contribution is 2.31. The summed E-state index contributed by atoms with van der Waals surface area (Å²) in [5, 5.41) is 11.5. The Morgan fingerprint density at radius 1 is 1.59 bits per heavy atom. The third kappa shape index (κ3) is 2.92. The van der Waals surface area contributed by atoms with Crippen LogP contribution in [0, 0.1) is 16.0 Å². The highest BCUT2D eigenvalue weighted by atomic mass is 32.1. The molecule has 0 aliphatic carbocycles. The van der Waals surface area contributed by atoms with Gasteiger partial charge in [-0.1, -0.05) is 0 Å². The van der Waals surface area contributed by atoms with Crippen molar-refractivity contribution in [1.82, 2.24) is 4.98 Å². The summed E-state index contributed by atoms with van der Waals surface area (Å²) in [7, 11) is 0. The fourth-order valence-corrected chi connectivity index (χ4v) is 2.92. The van der Waals surface area contributed by atoms with E-state index in [9.17, 15) is 10.1 Å². The Hall–Kier alpha value is -1.21. The molecule has 1 fully saturated rings. The van der Waals surface area contributed by atoms with Gasteiger partial charge in [-0.2, -0.15) is 0 Å². The van der Waals surface area contributed by atoms with E-state index >= 15 is 0 Å². The molecule has 1 aliphatic rings. The van der Waals surface area contributed by atoms with Crippen molar-refractivity contribution in [2.75, 3.05) is 24.5 Å². The lowest BCUT2D eigenvalue weighted by Crippen LogP contribution is -2.34. The van der Waals surface area contributed by atoms with Crippen LogP contribution in [0.4, 0.5) is 10.1 Å². The van der Waals surface area contributed by atoms with Crippen LogP contribution in [0.3, 0.4) is 0 Å². The molecular weight excluding hydrogens is 240 g/mol. The number of rotatable bonds is 4. The van der Waals surface area contributed by atoms with E-state index in [2.05, 4.69) is 9.88 Å². The second kappa shape index (κ2) is 5.42. The van der Waals surface area contributed by atoms with E-state index in [1.165, 1.54) is 6.20 Å². The lowest BCUT2D eigenvalue weighted by Gasteiger charge is -2.31. The van der Waals surface area contributed by atoms with Crippen molar-refractivity contribution in [3.63, 3.8) is 0 Å². The molecule has 1 aromatic heterocycles. The molecule has 0 amide bonds. The topological polar surface area (TPSA) is 85.3 Å². The lowest BCUT2D eigenvalue weighted by atomic mass is 9.94. The Bertz CT molecular complexity index is 387. The molecule has 0 saturated carbocycles. The Balaban J connectivity index is 1.93. The summed E-state index contributed by atoms with van der Waals surface area (Å²) in [6.07, 6.45) is 4.62. The first kappa shape index (κ1) is 12.3. The minimum absolute atomic E-state index is 0.115. The van der Waals surface area contributed by atoms with E-state index in [1.54, 1.807) is 0 Å². The van der Waals surface area contributed by atoms with Gasteiger partial charge in [0.2, 0.25) is 0 Å². The van der Waals surface area contributed by atoms with Crippen LogP contribution >= 0.6 is 11.3 Å². The summed E-state index contributed by atoms with van der Waals surface area (Å²) in [6, 6.07) is 0. The van der Waals surface area contributed by atoms with Gasteiger partial charge in [0, 0.05) is 13.1 Å². The van der Waals surface area contributed by atoms with Crippen molar-refractivity contribution in [2.24, 2.45) is 11.7 Å². The molecule has 1 saturated heterocycles. The number of nitro groups is 1. The Labute approximate surface area is 104 Å². The Morgan fingerprint density at radius 3 is 2.82 bits per heavy atom. The number of nitrogens with two attached hydrogens (primary N) is 1. The SMILES string of the molecule is NCCC1CCN(c2ncc([N+](=O)[O-])s2)CC1. The van der Waals surface area contributed by atoms with Gasteiger partial charge in [0.15, 0.2) is 5.13 Å². The lowest BCUT2D eigenvalue weighted by molar-refractivity contribution is -0.380. The van der Waals surface area contributed by atoms with Gasteiger partial charge in [-0.25, -0.2) is 4.98 Å². The molecule has 0 aromatic carbocycles. The number of thiazole rings is 1. The average Bonchev–Trinajstić information content (AvgIpc) is 2.80. The zero-order valence-electron chi connectivity index (χ0n) is 9.54. The zero-order valence-corrected chi connectivity index (χ0v) is 10.4. The predicted molar refractivity (Wildman–Crippen MR) is 67.4 cm³/mol. The predicted octanol–water partition coefficient (Wildman–Crippen LogP) is 1.62. The van der Waals surface area contributed by atoms with Crippen LogP contribution < -0.4 is 10.6 Å². The van der Waals surface area contributed by atoms with Gasteiger partial charge >= 0.3 is 5.00 Å². The summed E-state index contributed by atoms with van der Waals surface area (Å²) in [6.45, 7) is 2.60. The summed E-state index contributed by atoms with van der Waals surface area (Å²) in [5.41, 5.74) is 5.54. The van der Waals surface area contributed by atoms with Gasteiger partial charge < -0.3 is 10.6 Å². The highest BCUT2D eigenvalue weighted by Gasteiger charge is 2.22. The minimum atomic E-state index is -0.387. The summed E-state index contributed by atoms with van der Waals surface area (Å²) in [4.78, 5) is 16.4. The quantitative estimate of drug-likeness (QED) is 0.653. The maximum atomic E-state index is 10.6. The summed E-state index contributed by atoms with van der Waals surface area (Å²) in [5.74, 6) is 0.700. The van der Waals surface area contributed by atoms with Crippen LogP contribution in [0.25, 0.3) is 0 Å². The first-order valence-corrected chi connectivity index (χ1v) is 6.57. The summed E-state index contributed by atoms with van der Waals surface area (Å²) < 4.78 is 0. The fraction of sp³-hybridized carbons (Fsp3) is 0.700. The molecular formula is C10H16N4O2S. The number of hydrogen-bond acceptors (Lipinski definition) is 6.